The van der Waals surface area contributed by atoms with Gasteiger partial charge in [-0.2, -0.15) is 0 Å². The van der Waals surface area contributed by atoms with Gasteiger partial charge in [-0.15, -0.1) is 0 Å². The third-order valence-electron chi connectivity index (χ3n) is 4.26. The highest BCUT2D eigenvalue weighted by Gasteiger charge is 2.56. The lowest BCUT2D eigenvalue weighted by Gasteiger charge is -2.27. The van der Waals surface area contributed by atoms with Crippen molar-refractivity contribution in [2.75, 3.05) is 13.1 Å². The highest BCUT2D eigenvalue weighted by molar-refractivity contribution is 5.86. The van der Waals surface area contributed by atoms with Gasteiger partial charge in [0.25, 0.3) is 0 Å². The number of hydrogen-bond acceptors (Lipinski definition) is 3. The van der Waals surface area contributed by atoms with Gasteiger partial charge < -0.3 is 14.7 Å². The second-order valence-corrected chi connectivity index (χ2v) is 5.21. The lowest BCUT2D eigenvalue weighted by molar-refractivity contribution is -0.150. The first-order valence-electron chi connectivity index (χ1n) is 6.35. The number of aliphatic carboxylic acids is 1. The fourth-order valence-electron chi connectivity index (χ4n) is 3.45. The number of nitrogens with zero attached hydrogens (tertiary/aromatic N) is 1. The molecule has 2 unspecified atom stereocenters. The van der Waals surface area contributed by atoms with Crippen LogP contribution < -0.4 is 0 Å². The maximum atomic E-state index is 12.3. The van der Waals surface area contributed by atoms with Crippen LogP contribution in [-0.2, 0) is 14.3 Å². The van der Waals surface area contributed by atoms with E-state index in [1.807, 2.05) is 4.90 Å². The number of amides is 1. The van der Waals surface area contributed by atoms with Crippen LogP contribution in [0.3, 0.4) is 0 Å². The number of carboxylic acids is 1. The zero-order valence-electron chi connectivity index (χ0n) is 9.67. The molecule has 0 saturated carbocycles. The van der Waals surface area contributed by atoms with Crippen LogP contribution in [0.2, 0.25) is 0 Å². The van der Waals surface area contributed by atoms with Crippen molar-refractivity contribution in [3.63, 3.8) is 0 Å². The van der Waals surface area contributed by atoms with Crippen molar-refractivity contribution in [3.05, 3.63) is 0 Å². The van der Waals surface area contributed by atoms with E-state index in [0.717, 1.165) is 38.8 Å². The molecule has 1 N–H and O–H groups in total. The molecule has 4 atom stereocenters. The van der Waals surface area contributed by atoms with Crippen molar-refractivity contribution in [1.82, 2.24) is 4.90 Å². The summed E-state index contributed by atoms with van der Waals surface area (Å²) in [6, 6.07) is 0. The molecular weight excluding hydrogens is 222 g/mol. The molecule has 0 aromatic carbocycles. The summed E-state index contributed by atoms with van der Waals surface area (Å²) in [6.07, 6.45) is 3.28. The van der Waals surface area contributed by atoms with E-state index < -0.39 is 17.8 Å². The van der Waals surface area contributed by atoms with Gasteiger partial charge in [-0.1, -0.05) is 0 Å². The molecule has 0 spiro atoms. The Bertz CT molecular complexity index is 350. The first kappa shape index (κ1) is 11.0. The lowest BCUT2D eigenvalue weighted by Crippen LogP contribution is -2.44. The van der Waals surface area contributed by atoms with Gasteiger partial charge in [0, 0.05) is 13.1 Å². The van der Waals surface area contributed by atoms with E-state index in [0.29, 0.717) is 0 Å². The molecule has 3 saturated heterocycles. The molecule has 0 aromatic heterocycles. The second-order valence-electron chi connectivity index (χ2n) is 5.21. The predicted molar refractivity (Wildman–Crippen MR) is 58.3 cm³/mol. The average molecular weight is 239 g/mol. The Morgan fingerprint density at radius 2 is 1.65 bits per heavy atom. The topological polar surface area (TPSA) is 66.8 Å². The Morgan fingerprint density at radius 1 is 1.06 bits per heavy atom. The molecule has 5 heteroatoms. The van der Waals surface area contributed by atoms with Gasteiger partial charge in [0.2, 0.25) is 5.91 Å². The molecule has 3 heterocycles. The summed E-state index contributed by atoms with van der Waals surface area (Å²) in [7, 11) is 0. The molecule has 0 aromatic rings. The molecular formula is C12H17NO4. The van der Waals surface area contributed by atoms with Gasteiger partial charge in [-0.3, -0.25) is 9.59 Å². The minimum atomic E-state index is -0.880. The van der Waals surface area contributed by atoms with Crippen LogP contribution in [0.1, 0.15) is 25.7 Å². The smallest absolute Gasteiger partial charge is 0.310 e. The van der Waals surface area contributed by atoms with Crippen LogP contribution in [0.15, 0.2) is 0 Å². The SMILES string of the molecule is O=C(O)C1C(C(=O)N2CCCC2)[C@H]2CC[C@@H]1O2. The molecule has 17 heavy (non-hydrogen) atoms. The molecule has 1 amide bonds. The van der Waals surface area contributed by atoms with Crippen LogP contribution >= 0.6 is 0 Å². The number of carboxylic acid groups (broad SMARTS) is 1. The summed E-state index contributed by atoms with van der Waals surface area (Å²) >= 11 is 0. The minimum Gasteiger partial charge on any atom is -0.481 e. The molecule has 0 aliphatic carbocycles. The van der Waals surface area contributed by atoms with Crippen LogP contribution in [0.25, 0.3) is 0 Å². The average Bonchev–Trinajstić information content (AvgIpc) is 3.02. The maximum Gasteiger partial charge on any atom is 0.310 e. The van der Waals surface area contributed by atoms with Crippen molar-refractivity contribution >= 4 is 11.9 Å². The number of fused-ring (bicyclic) bond motifs is 2. The number of ether oxygens (including phenoxy) is 1. The van der Waals surface area contributed by atoms with Gasteiger partial charge in [0.15, 0.2) is 0 Å². The third-order valence-corrected chi connectivity index (χ3v) is 4.26. The number of likely N-dealkylation sites (tertiary alicyclic amines) is 1. The van der Waals surface area contributed by atoms with Gasteiger partial charge in [-0.25, -0.2) is 0 Å². The highest BCUT2D eigenvalue weighted by atomic mass is 16.5. The molecule has 5 nitrogen and oxygen atoms in total. The summed E-state index contributed by atoms with van der Waals surface area (Å²) in [6.45, 7) is 1.55. The highest BCUT2D eigenvalue weighted by Crippen LogP contribution is 2.44. The van der Waals surface area contributed by atoms with Crippen LogP contribution in [-0.4, -0.2) is 47.2 Å². The summed E-state index contributed by atoms with van der Waals surface area (Å²) in [5.41, 5.74) is 0. The van der Waals surface area contributed by atoms with Crippen molar-refractivity contribution in [1.29, 1.82) is 0 Å². The van der Waals surface area contributed by atoms with Crippen molar-refractivity contribution in [2.24, 2.45) is 11.8 Å². The third kappa shape index (κ3) is 1.64. The molecule has 3 aliphatic heterocycles. The largest absolute Gasteiger partial charge is 0.481 e. The van der Waals surface area contributed by atoms with Crippen LogP contribution in [0.4, 0.5) is 0 Å². The summed E-state index contributed by atoms with van der Waals surface area (Å²) in [5, 5.41) is 9.25. The van der Waals surface area contributed by atoms with E-state index in [4.69, 9.17) is 4.74 Å². The van der Waals surface area contributed by atoms with E-state index in [-0.39, 0.29) is 18.1 Å². The second kappa shape index (κ2) is 3.98. The molecule has 94 valence electrons. The van der Waals surface area contributed by atoms with E-state index in [2.05, 4.69) is 0 Å². The van der Waals surface area contributed by atoms with Gasteiger partial charge >= 0.3 is 5.97 Å². The number of carbonyl (C=O) groups is 2. The number of hydrogen-bond donors (Lipinski definition) is 1. The summed E-state index contributed by atoms with van der Waals surface area (Å²) < 4.78 is 5.61. The van der Waals surface area contributed by atoms with E-state index in [1.165, 1.54) is 0 Å². The zero-order chi connectivity index (χ0) is 12.0. The van der Waals surface area contributed by atoms with E-state index in [1.54, 1.807) is 0 Å². The lowest BCUT2D eigenvalue weighted by atomic mass is 9.78. The Balaban J connectivity index is 1.80. The van der Waals surface area contributed by atoms with Gasteiger partial charge in [0.05, 0.1) is 24.0 Å². The minimum absolute atomic E-state index is 0.00194. The summed E-state index contributed by atoms with van der Waals surface area (Å²) in [5.74, 6) is -1.94. The Labute approximate surface area is 99.7 Å². The zero-order valence-corrected chi connectivity index (χ0v) is 9.67. The van der Waals surface area contributed by atoms with Crippen LogP contribution in [0, 0.1) is 11.8 Å². The van der Waals surface area contributed by atoms with Crippen molar-refractivity contribution < 1.29 is 19.4 Å². The number of carbonyl (C=O) groups excluding carboxylic acids is 1. The van der Waals surface area contributed by atoms with E-state index >= 15 is 0 Å². The molecule has 3 aliphatic rings. The molecule has 0 radical (unpaired) electrons. The monoisotopic (exact) mass is 239 g/mol. The first-order valence-corrected chi connectivity index (χ1v) is 6.35. The molecule has 3 fully saturated rings. The Kier molecular flexibility index (Phi) is 2.58. The quantitative estimate of drug-likeness (QED) is 0.761. The fraction of sp³-hybridized carbons (Fsp3) is 0.833. The Morgan fingerprint density at radius 3 is 2.24 bits per heavy atom. The predicted octanol–water partition coefficient (Wildman–Crippen LogP) is 0.487. The first-order chi connectivity index (χ1) is 8.18. The standard InChI is InChI=1S/C12H17NO4/c14-11(13-5-1-2-6-13)9-7-3-4-8(17-7)10(9)12(15)16/h7-10H,1-6H2,(H,15,16)/t7-,8+,9?,10?/m1/s1. The van der Waals surface area contributed by atoms with E-state index in [9.17, 15) is 14.7 Å². The van der Waals surface area contributed by atoms with Gasteiger partial charge in [-0.05, 0) is 25.7 Å². The molecule has 3 rings (SSSR count). The maximum absolute atomic E-state index is 12.3. The van der Waals surface area contributed by atoms with Crippen molar-refractivity contribution in [3.8, 4) is 0 Å². The summed E-state index contributed by atoms with van der Waals surface area (Å²) in [4.78, 5) is 25.4. The van der Waals surface area contributed by atoms with Crippen molar-refractivity contribution in [2.45, 2.75) is 37.9 Å². The Hall–Kier alpha value is -1.10. The number of rotatable bonds is 2. The molecule has 2 bridgehead atoms. The van der Waals surface area contributed by atoms with Crippen LogP contribution in [0.5, 0.6) is 0 Å². The van der Waals surface area contributed by atoms with Gasteiger partial charge in [0.1, 0.15) is 0 Å². The normalized spacial score (nSPS) is 39.9. The fourth-order valence-corrected chi connectivity index (χ4v) is 3.45.